The molecule has 0 atom stereocenters. The van der Waals surface area contributed by atoms with Crippen LogP contribution in [-0.2, 0) is 0 Å². The van der Waals surface area contributed by atoms with Gasteiger partial charge in [0.15, 0.2) is 5.82 Å². The average Bonchev–Trinajstić information content (AvgIpc) is 3.45. The van der Waals surface area contributed by atoms with Gasteiger partial charge in [-0.3, -0.25) is 0 Å². The minimum Gasteiger partial charge on any atom is -0.495 e. The molecule has 36 heavy (non-hydrogen) atoms. The Balaban J connectivity index is 1.42. The summed E-state index contributed by atoms with van der Waals surface area (Å²) in [6.45, 7) is 3.80. The van der Waals surface area contributed by atoms with Crippen molar-refractivity contribution in [1.29, 1.82) is 5.26 Å². The summed E-state index contributed by atoms with van der Waals surface area (Å²) < 4.78 is 5.61. The van der Waals surface area contributed by atoms with Crippen molar-refractivity contribution in [3.8, 4) is 23.2 Å². The number of aromatic nitrogens is 6. The number of hydrogen-bond acceptors (Lipinski definition) is 11. The van der Waals surface area contributed by atoms with E-state index < -0.39 is 0 Å². The van der Waals surface area contributed by atoms with Crippen LogP contribution in [0.4, 0.5) is 28.8 Å². The van der Waals surface area contributed by atoms with Crippen molar-refractivity contribution in [2.24, 2.45) is 0 Å². The molecule has 0 unspecified atom stereocenters. The maximum absolute atomic E-state index is 9.63. The number of nitriles is 1. The second kappa shape index (κ2) is 10.2. The second-order valence-electron chi connectivity index (χ2n) is 8.28. The van der Waals surface area contributed by atoms with Crippen LogP contribution < -0.4 is 20.3 Å². The summed E-state index contributed by atoms with van der Waals surface area (Å²) >= 11 is 0. The third-order valence-corrected chi connectivity index (χ3v) is 5.95. The monoisotopic (exact) mass is 483 g/mol. The normalized spacial score (nSPS) is 13.8. The number of rotatable bonds is 7. The van der Waals surface area contributed by atoms with E-state index in [9.17, 15) is 5.26 Å². The zero-order valence-electron chi connectivity index (χ0n) is 19.9. The van der Waals surface area contributed by atoms with E-state index in [1.165, 1.54) is 6.20 Å². The Morgan fingerprint density at radius 2 is 1.92 bits per heavy atom. The summed E-state index contributed by atoms with van der Waals surface area (Å²) in [5.41, 5.74) is 3.53. The highest BCUT2D eigenvalue weighted by molar-refractivity contribution is 5.78. The minimum absolute atomic E-state index is 0.302. The number of para-hydroxylation sites is 1. The smallest absolute Gasteiger partial charge is 0.229 e. The molecule has 2 aromatic heterocycles. The van der Waals surface area contributed by atoms with Crippen LogP contribution in [0.15, 0.2) is 48.7 Å². The zero-order valence-corrected chi connectivity index (χ0v) is 19.9. The number of piperazine rings is 1. The molecule has 1 aliphatic heterocycles. The summed E-state index contributed by atoms with van der Waals surface area (Å²) in [6.07, 6.45) is 1.49. The molecular weight excluding hydrogens is 458 g/mol. The standard InChI is InChI=1S/C24H25N11O/c1-34-9-11-35(12-10-34)20-13-17(7-8-21(20)36-2)27-24-26-15-16(14-25)22(29-24)28-19-6-4-3-5-18(19)23-30-32-33-31-23/h3-8,13,15H,9-12H2,1-2H3,(H2,26,27,28,29)(H,30,31,32,33). The first kappa shape index (κ1) is 23.0. The Morgan fingerprint density at radius 1 is 1.08 bits per heavy atom. The Morgan fingerprint density at radius 3 is 2.67 bits per heavy atom. The lowest BCUT2D eigenvalue weighted by atomic mass is 10.1. The lowest BCUT2D eigenvalue weighted by Gasteiger charge is -2.34. The van der Waals surface area contributed by atoms with Crippen molar-refractivity contribution in [3.63, 3.8) is 0 Å². The number of likely N-dealkylation sites (N-methyl/N-ethyl adjacent to an activating group) is 1. The number of nitrogens with one attached hydrogen (secondary N) is 3. The highest BCUT2D eigenvalue weighted by Gasteiger charge is 2.19. The van der Waals surface area contributed by atoms with Gasteiger partial charge in [-0.2, -0.15) is 15.5 Å². The molecule has 1 saturated heterocycles. The van der Waals surface area contributed by atoms with Gasteiger partial charge in [0.05, 0.1) is 24.7 Å². The van der Waals surface area contributed by atoms with Gasteiger partial charge in [0.1, 0.15) is 17.4 Å². The molecule has 1 aliphatic rings. The van der Waals surface area contributed by atoms with Crippen LogP contribution in [0, 0.1) is 11.3 Å². The van der Waals surface area contributed by atoms with E-state index in [0.717, 1.165) is 48.9 Å². The molecule has 0 aliphatic carbocycles. The third kappa shape index (κ3) is 4.86. The van der Waals surface area contributed by atoms with Crippen LogP contribution >= 0.6 is 0 Å². The zero-order chi connectivity index (χ0) is 24.9. The molecule has 0 radical (unpaired) electrons. The second-order valence-corrected chi connectivity index (χ2v) is 8.28. The first-order valence-electron chi connectivity index (χ1n) is 11.4. The summed E-state index contributed by atoms with van der Waals surface area (Å²) in [6, 6.07) is 15.5. The first-order chi connectivity index (χ1) is 17.6. The van der Waals surface area contributed by atoms with Crippen LogP contribution in [0.3, 0.4) is 0 Å². The van der Waals surface area contributed by atoms with Crippen molar-refractivity contribution < 1.29 is 4.74 Å². The molecule has 0 saturated carbocycles. The number of aromatic amines is 1. The van der Waals surface area contributed by atoms with Crippen LogP contribution in [0.2, 0.25) is 0 Å². The predicted octanol–water partition coefficient (Wildman–Crippen LogP) is 2.78. The van der Waals surface area contributed by atoms with Gasteiger partial charge < -0.3 is 25.2 Å². The fraction of sp³-hybridized carbons (Fsp3) is 0.250. The molecular formula is C24H25N11O. The number of ether oxygens (including phenoxy) is 1. The van der Waals surface area contributed by atoms with Gasteiger partial charge >= 0.3 is 0 Å². The fourth-order valence-electron chi connectivity index (χ4n) is 4.00. The quantitative estimate of drug-likeness (QED) is 0.357. The Hall–Kier alpha value is -4.76. The van der Waals surface area contributed by atoms with Crippen molar-refractivity contribution in [1.82, 2.24) is 35.5 Å². The number of hydrogen-bond donors (Lipinski definition) is 3. The van der Waals surface area contributed by atoms with E-state index in [2.05, 4.69) is 64.1 Å². The van der Waals surface area contributed by atoms with E-state index in [-0.39, 0.29) is 0 Å². The van der Waals surface area contributed by atoms with Gasteiger partial charge in [0, 0.05) is 37.4 Å². The molecule has 12 heteroatoms. The lowest BCUT2D eigenvalue weighted by molar-refractivity contribution is 0.311. The average molecular weight is 484 g/mol. The highest BCUT2D eigenvalue weighted by atomic mass is 16.5. The molecule has 0 amide bonds. The number of tetrazole rings is 1. The topological polar surface area (TPSA) is 144 Å². The van der Waals surface area contributed by atoms with Gasteiger partial charge in [0.25, 0.3) is 0 Å². The van der Waals surface area contributed by atoms with E-state index in [4.69, 9.17) is 4.74 Å². The molecule has 12 nitrogen and oxygen atoms in total. The van der Waals surface area contributed by atoms with Crippen molar-refractivity contribution in [3.05, 3.63) is 54.2 Å². The molecule has 4 aromatic rings. The lowest BCUT2D eigenvalue weighted by Crippen LogP contribution is -2.44. The summed E-state index contributed by atoms with van der Waals surface area (Å²) in [7, 11) is 3.80. The van der Waals surface area contributed by atoms with Crippen molar-refractivity contribution in [2.45, 2.75) is 0 Å². The number of nitrogens with zero attached hydrogens (tertiary/aromatic N) is 8. The van der Waals surface area contributed by atoms with Crippen LogP contribution in [0.1, 0.15) is 5.56 Å². The maximum atomic E-state index is 9.63. The highest BCUT2D eigenvalue weighted by Crippen LogP contribution is 2.33. The minimum atomic E-state index is 0.302. The molecule has 1 fully saturated rings. The largest absolute Gasteiger partial charge is 0.495 e. The van der Waals surface area contributed by atoms with Crippen LogP contribution in [0.5, 0.6) is 5.75 Å². The van der Waals surface area contributed by atoms with Gasteiger partial charge in [-0.05, 0) is 42.6 Å². The van der Waals surface area contributed by atoms with Crippen molar-refractivity contribution >= 4 is 28.8 Å². The Bertz CT molecular complexity index is 1380. The van der Waals surface area contributed by atoms with E-state index in [1.54, 1.807) is 7.11 Å². The first-order valence-corrected chi connectivity index (χ1v) is 11.4. The van der Waals surface area contributed by atoms with Gasteiger partial charge in [-0.25, -0.2) is 4.98 Å². The number of H-pyrrole nitrogens is 1. The van der Waals surface area contributed by atoms with Crippen LogP contribution in [-0.4, -0.2) is 75.8 Å². The summed E-state index contributed by atoms with van der Waals surface area (Å²) in [4.78, 5) is 13.5. The Kier molecular flexibility index (Phi) is 6.55. The summed E-state index contributed by atoms with van der Waals surface area (Å²) in [5.74, 6) is 1.95. The SMILES string of the molecule is COc1ccc(Nc2ncc(C#N)c(Nc3ccccc3-c3nn[nH]n3)n2)cc1N1CCN(C)CC1. The molecule has 3 N–H and O–H groups in total. The maximum Gasteiger partial charge on any atom is 0.229 e. The Labute approximate surface area is 207 Å². The molecule has 3 heterocycles. The van der Waals surface area contributed by atoms with Crippen molar-refractivity contribution in [2.75, 3.05) is 55.9 Å². The van der Waals surface area contributed by atoms with Gasteiger partial charge in [0.2, 0.25) is 11.8 Å². The van der Waals surface area contributed by atoms with Gasteiger partial charge in [-0.1, -0.05) is 12.1 Å². The van der Waals surface area contributed by atoms with E-state index >= 15 is 0 Å². The van der Waals surface area contributed by atoms with E-state index in [1.807, 2.05) is 42.5 Å². The molecule has 182 valence electrons. The predicted molar refractivity (Wildman–Crippen MR) is 136 cm³/mol. The molecule has 5 rings (SSSR count). The fourth-order valence-corrected chi connectivity index (χ4v) is 4.00. The van der Waals surface area contributed by atoms with E-state index in [0.29, 0.717) is 28.8 Å². The number of benzene rings is 2. The number of methoxy groups -OCH3 is 1. The summed E-state index contributed by atoms with van der Waals surface area (Å²) in [5, 5.41) is 30.3. The van der Waals surface area contributed by atoms with Gasteiger partial charge in [-0.15, -0.1) is 10.2 Å². The number of anilines is 5. The molecule has 2 aromatic carbocycles. The molecule has 0 bridgehead atoms. The van der Waals surface area contributed by atoms with Crippen LogP contribution in [0.25, 0.3) is 11.4 Å². The third-order valence-electron chi connectivity index (χ3n) is 5.95. The molecule has 0 spiro atoms.